The van der Waals surface area contributed by atoms with Crippen LogP contribution in [-0.4, -0.2) is 75.0 Å². The lowest BCUT2D eigenvalue weighted by Crippen LogP contribution is -2.47. The highest BCUT2D eigenvalue weighted by molar-refractivity contribution is 5.95. The maximum absolute atomic E-state index is 14.1. The molecule has 3 heterocycles. The summed E-state index contributed by atoms with van der Waals surface area (Å²) in [6, 6.07) is 6.49. The molecule has 2 aromatic rings. The van der Waals surface area contributed by atoms with Crippen LogP contribution in [-0.2, 0) is 17.8 Å². The molecule has 2 aliphatic carbocycles. The number of benzene rings is 1. The number of hydrogen-bond acceptors (Lipinski definition) is 4. The fourth-order valence-corrected chi connectivity index (χ4v) is 6.59. The Balaban J connectivity index is 1.15. The molecule has 36 heavy (non-hydrogen) atoms. The van der Waals surface area contributed by atoms with Crippen LogP contribution in [0, 0.1) is 19.8 Å². The number of carbonyl (C=O) groups excluding carboxylic acids is 2. The number of likely N-dealkylation sites (tertiary alicyclic amines) is 2. The maximum atomic E-state index is 14.1. The van der Waals surface area contributed by atoms with Gasteiger partial charge in [0, 0.05) is 30.9 Å². The van der Waals surface area contributed by atoms with Crippen molar-refractivity contribution in [2.45, 2.75) is 76.6 Å². The van der Waals surface area contributed by atoms with Crippen molar-refractivity contribution < 1.29 is 19.1 Å². The Morgan fingerprint density at radius 2 is 1.86 bits per heavy atom. The number of aryl methyl sites for hydroxylation is 1. The summed E-state index contributed by atoms with van der Waals surface area (Å²) in [5.74, 6) is 1.13. The SMILES string of the molecule is Cc1cccc(C2CCN(C(=O)Cn3nc(C(=O)N4CC[C@H](O)[C@H](F)C4)c4c3C[C@H]3C[C@@H]43)CC2)c1C. The van der Waals surface area contributed by atoms with Crippen LogP contribution in [0.1, 0.15) is 76.0 Å². The zero-order valence-corrected chi connectivity index (χ0v) is 21.1. The fourth-order valence-electron chi connectivity index (χ4n) is 6.59. The van der Waals surface area contributed by atoms with Crippen LogP contribution in [0.15, 0.2) is 18.2 Å². The molecule has 1 aromatic heterocycles. The Bertz CT molecular complexity index is 1200. The summed E-state index contributed by atoms with van der Waals surface area (Å²) < 4.78 is 15.9. The molecule has 2 amide bonds. The van der Waals surface area contributed by atoms with Gasteiger partial charge in [0.25, 0.3) is 5.91 Å². The van der Waals surface area contributed by atoms with Crippen molar-refractivity contribution in [2.24, 2.45) is 5.92 Å². The van der Waals surface area contributed by atoms with Gasteiger partial charge in [0.2, 0.25) is 5.91 Å². The Kier molecular flexibility index (Phi) is 5.90. The highest BCUT2D eigenvalue weighted by Crippen LogP contribution is 2.57. The zero-order valence-electron chi connectivity index (χ0n) is 21.1. The lowest BCUT2D eigenvalue weighted by molar-refractivity contribution is -0.133. The molecular formula is C28H35FN4O3. The molecule has 1 aromatic carbocycles. The molecule has 8 heteroatoms. The minimum atomic E-state index is -1.43. The smallest absolute Gasteiger partial charge is 0.274 e. The van der Waals surface area contributed by atoms with E-state index in [1.54, 1.807) is 4.68 Å². The standard InChI is InChI=1S/C28H35FN4O3/c1-16-4-3-5-20(17(16)2)18-6-9-31(10-7-18)25(35)15-33-23-13-19-12-21(19)26(23)27(30-33)28(36)32-11-8-24(34)22(29)14-32/h3-5,18-19,21-22,24,34H,6-15H2,1-2H3/t19-,21-,22-,24+/m1/s1. The summed E-state index contributed by atoms with van der Waals surface area (Å²) in [6.07, 6.45) is 1.61. The van der Waals surface area contributed by atoms with E-state index in [0.717, 1.165) is 50.0 Å². The van der Waals surface area contributed by atoms with Gasteiger partial charge in [-0.05, 0) is 80.4 Å². The first-order chi connectivity index (χ1) is 17.3. The minimum absolute atomic E-state index is 0.0456. The molecule has 2 saturated heterocycles. The summed E-state index contributed by atoms with van der Waals surface area (Å²) in [7, 11) is 0. The molecule has 0 unspecified atom stereocenters. The molecule has 7 nitrogen and oxygen atoms in total. The lowest BCUT2D eigenvalue weighted by atomic mass is 9.85. The van der Waals surface area contributed by atoms with Gasteiger partial charge in [0.15, 0.2) is 5.69 Å². The molecular weight excluding hydrogens is 459 g/mol. The van der Waals surface area contributed by atoms with E-state index < -0.39 is 12.3 Å². The van der Waals surface area contributed by atoms with E-state index in [0.29, 0.717) is 30.0 Å². The number of carbonyl (C=O) groups is 2. The normalized spacial score (nSPS) is 27.7. The van der Waals surface area contributed by atoms with Crippen molar-refractivity contribution >= 4 is 11.8 Å². The van der Waals surface area contributed by atoms with Crippen molar-refractivity contribution in [1.29, 1.82) is 0 Å². The summed E-state index contributed by atoms with van der Waals surface area (Å²) in [5, 5.41) is 14.4. The summed E-state index contributed by atoms with van der Waals surface area (Å²) >= 11 is 0. The number of halogens is 1. The largest absolute Gasteiger partial charge is 0.390 e. The predicted molar refractivity (Wildman–Crippen MR) is 133 cm³/mol. The molecule has 0 spiro atoms. The first kappa shape index (κ1) is 23.6. The van der Waals surface area contributed by atoms with Crippen LogP contribution in [0.5, 0.6) is 0 Å². The zero-order chi connectivity index (χ0) is 25.1. The molecule has 4 atom stereocenters. The van der Waals surface area contributed by atoms with E-state index >= 15 is 0 Å². The van der Waals surface area contributed by atoms with Crippen molar-refractivity contribution in [3.8, 4) is 0 Å². The number of aliphatic hydroxyl groups excluding tert-OH is 1. The third-order valence-electron chi connectivity index (χ3n) is 9.06. The quantitative estimate of drug-likeness (QED) is 0.709. The molecule has 1 N–H and O–H groups in total. The van der Waals surface area contributed by atoms with Crippen LogP contribution in [0.4, 0.5) is 4.39 Å². The third-order valence-corrected chi connectivity index (χ3v) is 9.06. The van der Waals surface area contributed by atoms with Gasteiger partial charge < -0.3 is 14.9 Å². The first-order valence-electron chi connectivity index (χ1n) is 13.4. The van der Waals surface area contributed by atoms with Crippen molar-refractivity contribution in [2.75, 3.05) is 26.2 Å². The number of aromatic nitrogens is 2. The number of aliphatic hydroxyl groups is 1. The van der Waals surface area contributed by atoms with Crippen LogP contribution in [0.3, 0.4) is 0 Å². The molecule has 0 bridgehead atoms. The van der Waals surface area contributed by atoms with Gasteiger partial charge in [-0.2, -0.15) is 5.10 Å². The summed E-state index contributed by atoms with van der Waals surface area (Å²) in [4.78, 5) is 30.0. The van der Waals surface area contributed by atoms with Gasteiger partial charge in [0.05, 0.1) is 12.6 Å². The average molecular weight is 495 g/mol. The van der Waals surface area contributed by atoms with Crippen molar-refractivity contribution in [3.63, 3.8) is 0 Å². The maximum Gasteiger partial charge on any atom is 0.274 e. The number of amides is 2. The fraction of sp³-hybridized carbons (Fsp3) is 0.607. The van der Waals surface area contributed by atoms with Crippen LogP contribution < -0.4 is 0 Å². The number of fused-ring (bicyclic) bond motifs is 3. The van der Waals surface area contributed by atoms with Crippen molar-refractivity contribution in [1.82, 2.24) is 19.6 Å². The van der Waals surface area contributed by atoms with Gasteiger partial charge in [-0.25, -0.2) is 4.39 Å². The number of piperidine rings is 2. The molecule has 6 rings (SSSR count). The van der Waals surface area contributed by atoms with Gasteiger partial charge in [-0.3, -0.25) is 14.3 Å². The minimum Gasteiger partial charge on any atom is -0.390 e. The monoisotopic (exact) mass is 494 g/mol. The molecule has 1 saturated carbocycles. The molecule has 4 aliphatic rings. The molecule has 192 valence electrons. The van der Waals surface area contributed by atoms with Crippen LogP contribution in [0.25, 0.3) is 0 Å². The van der Waals surface area contributed by atoms with E-state index in [1.165, 1.54) is 21.6 Å². The average Bonchev–Trinajstić information content (AvgIpc) is 3.40. The Hall–Kier alpha value is -2.74. The van der Waals surface area contributed by atoms with Crippen LogP contribution in [0.2, 0.25) is 0 Å². The predicted octanol–water partition coefficient (Wildman–Crippen LogP) is 3.11. The highest BCUT2D eigenvalue weighted by Gasteiger charge is 2.51. The van der Waals surface area contributed by atoms with E-state index in [1.807, 2.05) is 4.90 Å². The van der Waals surface area contributed by atoms with Gasteiger partial charge in [0.1, 0.15) is 12.7 Å². The van der Waals surface area contributed by atoms with Gasteiger partial charge >= 0.3 is 0 Å². The van der Waals surface area contributed by atoms with E-state index in [9.17, 15) is 19.1 Å². The van der Waals surface area contributed by atoms with E-state index in [2.05, 4.69) is 37.1 Å². The van der Waals surface area contributed by atoms with Crippen molar-refractivity contribution in [3.05, 3.63) is 51.8 Å². The second-order valence-corrected chi connectivity index (χ2v) is 11.2. The van der Waals surface area contributed by atoms with Crippen LogP contribution >= 0.6 is 0 Å². The second-order valence-electron chi connectivity index (χ2n) is 11.2. The number of hydrogen-bond donors (Lipinski definition) is 1. The topological polar surface area (TPSA) is 78.7 Å². The Labute approximate surface area is 211 Å². The second kappa shape index (κ2) is 8.98. The number of nitrogens with zero attached hydrogens (tertiary/aromatic N) is 4. The Morgan fingerprint density at radius 1 is 1.11 bits per heavy atom. The Morgan fingerprint density at radius 3 is 2.61 bits per heavy atom. The van der Waals surface area contributed by atoms with Gasteiger partial charge in [-0.1, -0.05) is 18.2 Å². The number of rotatable bonds is 4. The highest BCUT2D eigenvalue weighted by atomic mass is 19.1. The first-order valence-corrected chi connectivity index (χ1v) is 13.4. The molecule has 3 fully saturated rings. The molecule has 0 radical (unpaired) electrons. The van der Waals surface area contributed by atoms with Gasteiger partial charge in [-0.15, -0.1) is 0 Å². The third kappa shape index (κ3) is 4.03. The summed E-state index contributed by atoms with van der Waals surface area (Å²) in [5.41, 5.74) is 6.44. The number of alkyl halides is 1. The molecule has 2 aliphatic heterocycles. The van der Waals surface area contributed by atoms with E-state index in [4.69, 9.17) is 0 Å². The lowest BCUT2D eigenvalue weighted by Gasteiger charge is -2.33. The van der Waals surface area contributed by atoms with E-state index in [-0.39, 0.29) is 31.3 Å². The summed E-state index contributed by atoms with van der Waals surface area (Å²) in [6.45, 7) is 6.15.